The molecule has 5 atom stereocenters. The number of piperidine rings is 1. The quantitative estimate of drug-likeness (QED) is 0.511. The number of hydrogen-bond acceptors (Lipinski definition) is 6. The van der Waals surface area contributed by atoms with E-state index in [0.717, 1.165) is 57.1 Å². The maximum atomic E-state index is 13.0. The molecule has 3 aliphatic carbocycles. The largest absolute Gasteiger partial charge is 0.494 e. The number of aliphatic hydroxyl groups is 1. The molecule has 1 aliphatic heterocycles. The van der Waals surface area contributed by atoms with Crippen LogP contribution in [0.25, 0.3) is 0 Å². The highest BCUT2D eigenvalue weighted by Gasteiger charge is 2.53. The third-order valence-electron chi connectivity index (χ3n) is 9.61. The standard InChI is InChI=1S/C30H39N3O5S/c34-29(32-27-9-4-22-17-24-19-30(35,18-22)20-26(24)27)23-5-7-25(8-6-23)38-16-12-21-10-14-33(15-11-21)39(36,37)28-3-1-2-13-31-28/h1-3,5-8,13,21-22,24,26-27,35H,4,9-12,14-20H2,(H,32,34). The van der Waals surface area contributed by atoms with Crippen LogP contribution in [-0.4, -0.2) is 60.1 Å². The third kappa shape index (κ3) is 5.72. The molecule has 0 radical (unpaired) electrons. The van der Waals surface area contributed by atoms with Crippen LogP contribution >= 0.6 is 0 Å². The zero-order valence-electron chi connectivity index (χ0n) is 22.4. The minimum absolute atomic E-state index is 0.0489. The van der Waals surface area contributed by atoms with Gasteiger partial charge < -0.3 is 15.2 Å². The average molecular weight is 554 g/mol. The molecule has 2 heterocycles. The molecule has 3 bridgehead atoms. The molecule has 39 heavy (non-hydrogen) atoms. The highest BCUT2D eigenvalue weighted by Crippen LogP contribution is 2.55. The molecule has 5 unspecified atom stereocenters. The van der Waals surface area contributed by atoms with Crippen LogP contribution in [0.2, 0.25) is 0 Å². The van der Waals surface area contributed by atoms with Crippen molar-refractivity contribution >= 4 is 15.9 Å². The summed E-state index contributed by atoms with van der Waals surface area (Å²) >= 11 is 0. The van der Waals surface area contributed by atoms with E-state index in [1.807, 2.05) is 24.3 Å². The number of nitrogens with zero attached hydrogens (tertiary/aromatic N) is 2. The maximum absolute atomic E-state index is 13.0. The summed E-state index contributed by atoms with van der Waals surface area (Å²) in [4.78, 5) is 17.1. The predicted molar refractivity (Wildman–Crippen MR) is 147 cm³/mol. The molecule has 4 fully saturated rings. The summed E-state index contributed by atoms with van der Waals surface area (Å²) in [6.45, 7) is 1.55. The minimum Gasteiger partial charge on any atom is -0.494 e. The van der Waals surface area contributed by atoms with E-state index in [4.69, 9.17) is 4.74 Å². The van der Waals surface area contributed by atoms with Crippen molar-refractivity contribution in [1.29, 1.82) is 0 Å². The number of sulfonamides is 1. The van der Waals surface area contributed by atoms with Crippen molar-refractivity contribution < 1.29 is 23.1 Å². The number of amides is 1. The summed E-state index contributed by atoms with van der Waals surface area (Å²) in [6.07, 6.45) is 9.93. The summed E-state index contributed by atoms with van der Waals surface area (Å²) in [6, 6.07) is 12.4. The highest BCUT2D eigenvalue weighted by atomic mass is 32.2. The lowest BCUT2D eigenvalue weighted by atomic mass is 9.77. The van der Waals surface area contributed by atoms with E-state index in [2.05, 4.69) is 10.3 Å². The molecular weight excluding hydrogens is 514 g/mol. The lowest BCUT2D eigenvalue weighted by Gasteiger charge is -2.33. The van der Waals surface area contributed by atoms with E-state index in [1.54, 1.807) is 18.2 Å². The lowest BCUT2D eigenvalue weighted by molar-refractivity contribution is -0.00594. The van der Waals surface area contributed by atoms with Gasteiger partial charge >= 0.3 is 0 Å². The molecule has 0 spiro atoms. The molecule has 4 aliphatic rings. The Hall–Kier alpha value is -2.49. The zero-order chi connectivity index (χ0) is 27.0. The Kier molecular flexibility index (Phi) is 7.41. The SMILES string of the molecule is O=C(NC1CCC2CC3CC(O)(C2)CC31)c1ccc(OCCC2CCN(S(=O)(=O)c3ccccn3)CC2)cc1. The van der Waals surface area contributed by atoms with Crippen LogP contribution in [0.15, 0.2) is 53.7 Å². The summed E-state index contributed by atoms with van der Waals surface area (Å²) < 4.78 is 33.0. The van der Waals surface area contributed by atoms with E-state index in [9.17, 15) is 18.3 Å². The third-order valence-corrected chi connectivity index (χ3v) is 11.4. The van der Waals surface area contributed by atoms with Crippen LogP contribution in [0.1, 0.15) is 68.1 Å². The number of benzene rings is 1. The first-order chi connectivity index (χ1) is 18.8. The number of nitrogens with one attached hydrogen (secondary N) is 1. The van der Waals surface area contributed by atoms with Gasteiger partial charge in [0, 0.05) is 30.9 Å². The Bertz CT molecular complexity index is 1260. The van der Waals surface area contributed by atoms with Crippen molar-refractivity contribution in [2.75, 3.05) is 19.7 Å². The summed E-state index contributed by atoms with van der Waals surface area (Å²) in [7, 11) is -3.53. The van der Waals surface area contributed by atoms with Gasteiger partial charge in [0.2, 0.25) is 0 Å². The van der Waals surface area contributed by atoms with Crippen LogP contribution in [0.5, 0.6) is 5.75 Å². The summed E-state index contributed by atoms with van der Waals surface area (Å²) in [5.74, 6) is 2.62. The van der Waals surface area contributed by atoms with Crippen molar-refractivity contribution in [3.8, 4) is 5.75 Å². The number of ether oxygens (including phenoxy) is 1. The molecule has 1 aromatic carbocycles. The molecule has 1 aromatic heterocycles. The maximum Gasteiger partial charge on any atom is 0.260 e. The molecule has 6 rings (SSSR count). The smallest absolute Gasteiger partial charge is 0.260 e. The van der Waals surface area contributed by atoms with Crippen molar-refractivity contribution in [2.24, 2.45) is 23.7 Å². The predicted octanol–water partition coefficient (Wildman–Crippen LogP) is 4.01. The van der Waals surface area contributed by atoms with Crippen LogP contribution in [0, 0.1) is 23.7 Å². The second kappa shape index (κ2) is 10.8. The van der Waals surface area contributed by atoms with Crippen LogP contribution in [0.4, 0.5) is 0 Å². The van der Waals surface area contributed by atoms with Crippen LogP contribution in [0.3, 0.4) is 0 Å². The molecule has 1 amide bonds. The van der Waals surface area contributed by atoms with Gasteiger partial charge in [-0.25, -0.2) is 13.4 Å². The first-order valence-electron chi connectivity index (χ1n) is 14.5. The minimum atomic E-state index is -3.53. The van der Waals surface area contributed by atoms with Crippen molar-refractivity contribution in [3.63, 3.8) is 0 Å². The molecule has 2 N–H and O–H groups in total. The van der Waals surface area contributed by atoms with Gasteiger partial charge in [-0.3, -0.25) is 4.79 Å². The van der Waals surface area contributed by atoms with Crippen molar-refractivity contribution in [3.05, 3.63) is 54.2 Å². The number of aromatic nitrogens is 1. The van der Waals surface area contributed by atoms with E-state index in [1.165, 1.54) is 16.9 Å². The summed E-state index contributed by atoms with van der Waals surface area (Å²) in [5.41, 5.74) is 0.126. The average Bonchev–Trinajstić information content (AvgIpc) is 3.12. The fourth-order valence-corrected chi connectivity index (χ4v) is 9.07. The molecule has 1 saturated heterocycles. The first-order valence-corrected chi connectivity index (χ1v) is 15.9. The molecule has 8 nitrogen and oxygen atoms in total. The van der Waals surface area contributed by atoms with Gasteiger partial charge in [0.15, 0.2) is 5.03 Å². The van der Waals surface area contributed by atoms with Gasteiger partial charge in [0.1, 0.15) is 5.75 Å². The lowest BCUT2D eigenvalue weighted by Crippen LogP contribution is -2.41. The Morgan fingerprint density at radius 2 is 1.85 bits per heavy atom. The van der Waals surface area contributed by atoms with Gasteiger partial charge in [0.25, 0.3) is 15.9 Å². The van der Waals surface area contributed by atoms with Crippen LogP contribution < -0.4 is 10.1 Å². The van der Waals surface area contributed by atoms with Gasteiger partial charge in [0.05, 0.1) is 12.2 Å². The number of carbonyl (C=O) groups is 1. The second-order valence-corrected chi connectivity index (χ2v) is 14.1. The van der Waals surface area contributed by atoms with Crippen LogP contribution in [-0.2, 0) is 10.0 Å². The normalized spacial score (nSPS) is 31.1. The van der Waals surface area contributed by atoms with E-state index in [-0.39, 0.29) is 17.0 Å². The van der Waals surface area contributed by atoms with Gasteiger partial charge in [-0.15, -0.1) is 0 Å². The molecular formula is C30H39N3O5S. The Labute approximate surface area is 231 Å². The topological polar surface area (TPSA) is 109 Å². The van der Waals surface area contributed by atoms with Crippen molar-refractivity contribution in [2.45, 2.75) is 74.5 Å². The Morgan fingerprint density at radius 3 is 2.59 bits per heavy atom. The molecule has 9 heteroatoms. The van der Waals surface area contributed by atoms with Gasteiger partial charge in [-0.05, 0) is 118 Å². The number of rotatable bonds is 8. The zero-order valence-corrected chi connectivity index (χ0v) is 23.2. The van der Waals surface area contributed by atoms with Gasteiger partial charge in [-0.2, -0.15) is 4.31 Å². The Morgan fingerprint density at radius 1 is 1.05 bits per heavy atom. The number of pyridine rings is 1. The van der Waals surface area contributed by atoms with Crippen molar-refractivity contribution in [1.82, 2.24) is 14.6 Å². The monoisotopic (exact) mass is 553 g/mol. The Balaban J connectivity index is 0.952. The summed E-state index contributed by atoms with van der Waals surface area (Å²) in [5, 5.41) is 14.3. The number of carbonyl (C=O) groups excluding carboxylic acids is 1. The fraction of sp³-hybridized carbons (Fsp3) is 0.600. The number of fused-ring (bicyclic) bond motifs is 2. The molecule has 210 valence electrons. The van der Waals surface area contributed by atoms with E-state index < -0.39 is 15.6 Å². The molecule has 2 aromatic rings. The highest BCUT2D eigenvalue weighted by molar-refractivity contribution is 7.89. The van der Waals surface area contributed by atoms with E-state index in [0.29, 0.717) is 48.9 Å². The number of hydrogen-bond donors (Lipinski definition) is 2. The second-order valence-electron chi connectivity index (χ2n) is 12.2. The van der Waals surface area contributed by atoms with Gasteiger partial charge in [-0.1, -0.05) is 6.07 Å². The molecule has 3 saturated carbocycles. The fourth-order valence-electron chi connectivity index (χ4n) is 7.67. The first kappa shape index (κ1) is 26.7. The van der Waals surface area contributed by atoms with E-state index >= 15 is 0 Å².